The Balaban J connectivity index is 1.88. The summed E-state index contributed by atoms with van der Waals surface area (Å²) in [6, 6.07) is 14.9. The molecule has 0 unspecified atom stereocenters. The Labute approximate surface area is 122 Å². The molecular formula is C15H16N2O2S. The second-order valence-corrected chi connectivity index (χ2v) is 5.69. The minimum atomic E-state index is -0.318. The summed E-state index contributed by atoms with van der Waals surface area (Å²) in [7, 11) is 0. The van der Waals surface area contributed by atoms with Crippen molar-refractivity contribution in [3.8, 4) is 0 Å². The lowest BCUT2D eigenvalue weighted by Gasteiger charge is -2.11. The highest BCUT2D eigenvalue weighted by molar-refractivity contribution is 8.00. The van der Waals surface area contributed by atoms with E-state index in [1.165, 1.54) is 18.0 Å². The SMILES string of the molecule is C[C@H](Sc1cccc[n+]1[O-])C(=O)NCc1ccccc1. The van der Waals surface area contributed by atoms with Crippen LogP contribution in [0.1, 0.15) is 12.5 Å². The number of benzene rings is 1. The van der Waals surface area contributed by atoms with Gasteiger partial charge in [0.1, 0.15) is 0 Å². The van der Waals surface area contributed by atoms with Crippen molar-refractivity contribution in [2.45, 2.75) is 23.7 Å². The van der Waals surface area contributed by atoms with Gasteiger partial charge in [-0.3, -0.25) is 4.79 Å². The van der Waals surface area contributed by atoms with E-state index in [-0.39, 0.29) is 11.2 Å². The highest BCUT2D eigenvalue weighted by Crippen LogP contribution is 2.19. The lowest BCUT2D eigenvalue weighted by Crippen LogP contribution is -2.33. The predicted octanol–water partition coefficient (Wildman–Crippen LogP) is 2.12. The molecule has 0 aliphatic heterocycles. The maximum Gasteiger partial charge on any atom is 0.252 e. The summed E-state index contributed by atoms with van der Waals surface area (Å²) < 4.78 is 0.769. The van der Waals surface area contributed by atoms with E-state index in [9.17, 15) is 10.0 Å². The van der Waals surface area contributed by atoms with E-state index in [0.29, 0.717) is 11.6 Å². The van der Waals surface area contributed by atoms with E-state index in [1.807, 2.05) is 30.3 Å². The molecule has 1 amide bonds. The molecule has 0 bridgehead atoms. The highest BCUT2D eigenvalue weighted by atomic mass is 32.2. The molecule has 20 heavy (non-hydrogen) atoms. The second-order valence-electron chi connectivity index (χ2n) is 4.33. The van der Waals surface area contributed by atoms with Gasteiger partial charge in [0.05, 0.1) is 5.25 Å². The Morgan fingerprint density at radius 3 is 2.65 bits per heavy atom. The van der Waals surface area contributed by atoms with Gasteiger partial charge in [0.25, 0.3) is 5.03 Å². The fourth-order valence-electron chi connectivity index (χ4n) is 1.67. The normalized spacial score (nSPS) is 11.8. The number of nitrogens with one attached hydrogen (secondary N) is 1. The van der Waals surface area contributed by atoms with Crippen LogP contribution < -0.4 is 10.0 Å². The fourth-order valence-corrected chi connectivity index (χ4v) is 2.54. The standard InChI is InChI=1S/C15H16N2O2S/c1-12(20-14-9-5-6-10-17(14)19)15(18)16-11-13-7-3-2-4-8-13/h2-10,12H,11H2,1H3,(H,16,18)/t12-/m0/s1. The van der Waals surface area contributed by atoms with Crippen LogP contribution in [0.3, 0.4) is 0 Å². The van der Waals surface area contributed by atoms with Crippen LogP contribution in [0.15, 0.2) is 59.8 Å². The van der Waals surface area contributed by atoms with Gasteiger partial charge in [-0.1, -0.05) is 30.3 Å². The number of thioether (sulfide) groups is 1. The van der Waals surface area contributed by atoms with Crippen molar-refractivity contribution in [3.63, 3.8) is 0 Å². The minimum Gasteiger partial charge on any atom is -0.618 e. The van der Waals surface area contributed by atoms with Crippen LogP contribution in [0.25, 0.3) is 0 Å². The first-order valence-electron chi connectivity index (χ1n) is 6.33. The molecule has 1 N–H and O–H groups in total. The molecule has 2 rings (SSSR count). The molecule has 2 aromatic rings. The molecule has 5 heteroatoms. The second kappa shape index (κ2) is 6.96. The Hall–Kier alpha value is -2.01. The lowest BCUT2D eigenvalue weighted by atomic mass is 10.2. The lowest BCUT2D eigenvalue weighted by molar-refractivity contribution is -0.645. The van der Waals surface area contributed by atoms with Gasteiger partial charge in [0.15, 0.2) is 6.20 Å². The zero-order chi connectivity index (χ0) is 14.4. The number of pyridine rings is 1. The Kier molecular flexibility index (Phi) is 5.01. The molecule has 0 saturated heterocycles. The van der Waals surface area contributed by atoms with Gasteiger partial charge in [0.2, 0.25) is 5.91 Å². The van der Waals surface area contributed by atoms with E-state index in [2.05, 4.69) is 5.32 Å². The summed E-state index contributed by atoms with van der Waals surface area (Å²) in [4.78, 5) is 12.0. The monoisotopic (exact) mass is 288 g/mol. The minimum absolute atomic E-state index is 0.0808. The van der Waals surface area contributed by atoms with E-state index in [4.69, 9.17) is 0 Å². The molecule has 1 atom stereocenters. The van der Waals surface area contributed by atoms with Gasteiger partial charge in [0, 0.05) is 18.7 Å². The van der Waals surface area contributed by atoms with Crippen molar-refractivity contribution in [1.82, 2.24) is 5.32 Å². The number of carbonyl (C=O) groups excluding carboxylic acids is 1. The molecule has 0 aliphatic rings. The smallest absolute Gasteiger partial charge is 0.252 e. The molecule has 0 aliphatic carbocycles. The molecule has 0 saturated carbocycles. The molecule has 1 heterocycles. The number of hydrogen-bond acceptors (Lipinski definition) is 3. The van der Waals surface area contributed by atoms with E-state index in [0.717, 1.165) is 10.3 Å². The first-order chi connectivity index (χ1) is 9.66. The Morgan fingerprint density at radius 2 is 1.95 bits per heavy atom. The third-order valence-electron chi connectivity index (χ3n) is 2.76. The van der Waals surface area contributed by atoms with Gasteiger partial charge < -0.3 is 10.5 Å². The molecule has 1 aromatic heterocycles. The van der Waals surface area contributed by atoms with Crippen molar-refractivity contribution in [1.29, 1.82) is 0 Å². The zero-order valence-corrected chi connectivity index (χ0v) is 12.0. The number of rotatable bonds is 5. The molecule has 104 valence electrons. The summed E-state index contributed by atoms with van der Waals surface area (Å²) in [5.41, 5.74) is 1.05. The quantitative estimate of drug-likeness (QED) is 0.521. The maximum absolute atomic E-state index is 12.0. The van der Waals surface area contributed by atoms with Crippen LogP contribution in [0.4, 0.5) is 0 Å². The van der Waals surface area contributed by atoms with E-state index in [1.54, 1.807) is 25.1 Å². The molecule has 0 fully saturated rings. The number of amides is 1. The van der Waals surface area contributed by atoms with Crippen molar-refractivity contribution in [2.24, 2.45) is 0 Å². The summed E-state index contributed by atoms with van der Waals surface area (Å²) in [6.45, 7) is 2.29. The average molecular weight is 288 g/mol. The average Bonchev–Trinajstić information content (AvgIpc) is 2.48. The van der Waals surface area contributed by atoms with Crippen LogP contribution in [-0.4, -0.2) is 11.2 Å². The topological polar surface area (TPSA) is 56.0 Å². The van der Waals surface area contributed by atoms with Crippen LogP contribution in [0, 0.1) is 5.21 Å². The summed E-state index contributed by atoms with van der Waals surface area (Å²) in [5, 5.41) is 14.6. The van der Waals surface area contributed by atoms with Gasteiger partial charge >= 0.3 is 0 Å². The van der Waals surface area contributed by atoms with Gasteiger partial charge in [-0.2, -0.15) is 4.73 Å². The van der Waals surface area contributed by atoms with Crippen LogP contribution in [0.2, 0.25) is 0 Å². The molecule has 0 spiro atoms. The van der Waals surface area contributed by atoms with Crippen molar-refractivity contribution in [2.75, 3.05) is 0 Å². The Bertz CT molecular complexity index is 575. The number of aromatic nitrogens is 1. The molecule has 4 nitrogen and oxygen atoms in total. The summed E-state index contributed by atoms with van der Waals surface area (Å²) in [5.74, 6) is -0.0808. The third-order valence-corrected chi connectivity index (χ3v) is 3.89. The Morgan fingerprint density at radius 1 is 1.25 bits per heavy atom. The zero-order valence-electron chi connectivity index (χ0n) is 11.2. The van der Waals surface area contributed by atoms with Crippen LogP contribution >= 0.6 is 11.8 Å². The van der Waals surface area contributed by atoms with E-state index >= 15 is 0 Å². The summed E-state index contributed by atoms with van der Waals surface area (Å²) in [6.07, 6.45) is 1.43. The van der Waals surface area contributed by atoms with Crippen LogP contribution in [0.5, 0.6) is 0 Å². The van der Waals surface area contributed by atoms with Crippen molar-refractivity contribution < 1.29 is 9.52 Å². The largest absolute Gasteiger partial charge is 0.618 e. The first kappa shape index (κ1) is 14.4. The van der Waals surface area contributed by atoms with Crippen molar-refractivity contribution in [3.05, 3.63) is 65.5 Å². The number of hydrogen-bond donors (Lipinski definition) is 1. The number of carbonyl (C=O) groups is 1. The van der Waals surface area contributed by atoms with Crippen LogP contribution in [-0.2, 0) is 11.3 Å². The fraction of sp³-hybridized carbons (Fsp3) is 0.200. The molecule has 0 radical (unpaired) electrons. The molecule has 1 aromatic carbocycles. The van der Waals surface area contributed by atoms with Gasteiger partial charge in [-0.05, 0) is 30.3 Å². The third kappa shape index (κ3) is 3.99. The molecular weight excluding hydrogens is 272 g/mol. The van der Waals surface area contributed by atoms with Gasteiger partial charge in [-0.15, -0.1) is 0 Å². The number of nitrogens with zero attached hydrogens (tertiary/aromatic N) is 1. The predicted molar refractivity (Wildman–Crippen MR) is 79.0 cm³/mol. The maximum atomic E-state index is 12.0. The summed E-state index contributed by atoms with van der Waals surface area (Å²) >= 11 is 1.25. The van der Waals surface area contributed by atoms with E-state index < -0.39 is 0 Å². The van der Waals surface area contributed by atoms with Crippen molar-refractivity contribution >= 4 is 17.7 Å². The first-order valence-corrected chi connectivity index (χ1v) is 7.21. The van der Waals surface area contributed by atoms with Gasteiger partial charge in [-0.25, -0.2) is 0 Å². The highest BCUT2D eigenvalue weighted by Gasteiger charge is 2.18.